The molecule has 1 aliphatic rings. The molecule has 2 aromatic rings. The van der Waals surface area contributed by atoms with Crippen molar-refractivity contribution >= 4 is 0 Å². The summed E-state index contributed by atoms with van der Waals surface area (Å²) in [5, 5.41) is 15.6. The van der Waals surface area contributed by atoms with Gasteiger partial charge in [-0.15, -0.1) is 0 Å². The van der Waals surface area contributed by atoms with E-state index in [9.17, 15) is 0 Å². The number of rotatable bonds is 2. The van der Waals surface area contributed by atoms with Crippen molar-refractivity contribution in [3.8, 4) is 11.4 Å². The standard InChI is InChI=1S/C13H17N5/c1-8-7-11(9(2)16-15-8)13-14-12(17-18-13)10-5-3-4-6-10/h7,10H,3-6H2,1-2H3,(H,14,17,18). The third-order valence-electron chi connectivity index (χ3n) is 3.59. The largest absolute Gasteiger partial charge is 0.262 e. The molecule has 0 unspecified atom stereocenters. The maximum Gasteiger partial charge on any atom is 0.183 e. The van der Waals surface area contributed by atoms with Gasteiger partial charge in [-0.1, -0.05) is 12.8 Å². The fraction of sp³-hybridized carbons (Fsp3) is 0.538. The van der Waals surface area contributed by atoms with Crippen LogP contribution in [0.5, 0.6) is 0 Å². The molecule has 3 rings (SSSR count). The minimum absolute atomic E-state index is 0.558. The summed E-state index contributed by atoms with van der Waals surface area (Å²) in [6.07, 6.45) is 5.05. The van der Waals surface area contributed by atoms with Crippen molar-refractivity contribution in [1.29, 1.82) is 0 Å². The molecule has 1 aliphatic carbocycles. The van der Waals surface area contributed by atoms with Crippen molar-refractivity contribution in [1.82, 2.24) is 25.4 Å². The fourth-order valence-corrected chi connectivity index (χ4v) is 2.55. The SMILES string of the molecule is Cc1cc(-c2n[nH]c(C3CCCC3)n2)c(C)nn1. The second kappa shape index (κ2) is 4.48. The summed E-state index contributed by atoms with van der Waals surface area (Å²) < 4.78 is 0. The van der Waals surface area contributed by atoms with E-state index >= 15 is 0 Å². The first-order valence-corrected chi connectivity index (χ1v) is 6.47. The van der Waals surface area contributed by atoms with Gasteiger partial charge in [-0.2, -0.15) is 15.3 Å². The van der Waals surface area contributed by atoms with Gasteiger partial charge in [0, 0.05) is 11.5 Å². The normalized spacial score (nSPS) is 16.3. The monoisotopic (exact) mass is 243 g/mol. The van der Waals surface area contributed by atoms with E-state index < -0.39 is 0 Å². The van der Waals surface area contributed by atoms with Crippen LogP contribution in [0.15, 0.2) is 6.07 Å². The molecule has 5 nitrogen and oxygen atoms in total. The maximum atomic E-state index is 4.63. The van der Waals surface area contributed by atoms with E-state index in [0.29, 0.717) is 5.92 Å². The van der Waals surface area contributed by atoms with Gasteiger partial charge >= 0.3 is 0 Å². The highest BCUT2D eigenvalue weighted by atomic mass is 15.2. The predicted molar refractivity (Wildman–Crippen MR) is 68.1 cm³/mol. The van der Waals surface area contributed by atoms with E-state index in [4.69, 9.17) is 0 Å². The lowest BCUT2D eigenvalue weighted by atomic mass is 10.1. The highest BCUT2D eigenvalue weighted by Gasteiger charge is 2.21. The van der Waals surface area contributed by atoms with Gasteiger partial charge < -0.3 is 0 Å². The molecule has 1 saturated carbocycles. The van der Waals surface area contributed by atoms with Gasteiger partial charge in [0.2, 0.25) is 0 Å². The fourth-order valence-electron chi connectivity index (χ4n) is 2.55. The Labute approximate surface area is 106 Å². The Bertz CT molecular complexity index is 554. The van der Waals surface area contributed by atoms with E-state index in [2.05, 4.69) is 25.4 Å². The molecule has 0 atom stereocenters. The van der Waals surface area contributed by atoms with E-state index in [1.807, 2.05) is 19.9 Å². The molecule has 2 aromatic heterocycles. The molecule has 1 N–H and O–H groups in total. The molecule has 0 aromatic carbocycles. The summed E-state index contributed by atoms with van der Waals surface area (Å²) in [4.78, 5) is 4.63. The lowest BCUT2D eigenvalue weighted by Gasteiger charge is -2.02. The Morgan fingerprint density at radius 1 is 1.17 bits per heavy atom. The maximum absolute atomic E-state index is 4.63. The summed E-state index contributed by atoms with van der Waals surface area (Å²) in [6, 6.07) is 1.99. The molecule has 0 aliphatic heterocycles. The number of hydrogen-bond acceptors (Lipinski definition) is 4. The van der Waals surface area contributed by atoms with Crippen LogP contribution in [0.4, 0.5) is 0 Å². The third kappa shape index (κ3) is 2.00. The lowest BCUT2D eigenvalue weighted by molar-refractivity contribution is 0.672. The van der Waals surface area contributed by atoms with E-state index in [1.165, 1.54) is 25.7 Å². The number of nitrogens with one attached hydrogen (secondary N) is 1. The quantitative estimate of drug-likeness (QED) is 0.880. The first kappa shape index (κ1) is 11.3. The van der Waals surface area contributed by atoms with Crippen molar-refractivity contribution in [2.24, 2.45) is 0 Å². The summed E-state index contributed by atoms with van der Waals surface area (Å²) in [6.45, 7) is 3.87. The number of H-pyrrole nitrogens is 1. The molecular weight excluding hydrogens is 226 g/mol. The van der Waals surface area contributed by atoms with Crippen molar-refractivity contribution in [2.75, 3.05) is 0 Å². The Morgan fingerprint density at radius 3 is 2.72 bits per heavy atom. The van der Waals surface area contributed by atoms with E-state index in [1.54, 1.807) is 0 Å². The van der Waals surface area contributed by atoms with Crippen LogP contribution in [0.1, 0.15) is 48.8 Å². The summed E-state index contributed by atoms with van der Waals surface area (Å²) in [5.74, 6) is 2.33. The highest BCUT2D eigenvalue weighted by Crippen LogP contribution is 2.32. The average Bonchev–Trinajstić information content (AvgIpc) is 3.00. The minimum Gasteiger partial charge on any atom is -0.262 e. The molecule has 94 valence electrons. The van der Waals surface area contributed by atoms with Gasteiger partial charge in [0.15, 0.2) is 5.82 Å². The van der Waals surface area contributed by atoms with Crippen molar-refractivity contribution < 1.29 is 0 Å². The van der Waals surface area contributed by atoms with Crippen LogP contribution < -0.4 is 0 Å². The summed E-state index contributed by atoms with van der Waals surface area (Å²) >= 11 is 0. The zero-order valence-electron chi connectivity index (χ0n) is 10.8. The molecule has 0 radical (unpaired) electrons. The first-order chi connectivity index (χ1) is 8.74. The molecule has 0 bridgehead atoms. The van der Waals surface area contributed by atoms with Gasteiger partial charge in [0.1, 0.15) is 5.82 Å². The zero-order chi connectivity index (χ0) is 12.5. The molecule has 0 amide bonds. The Balaban J connectivity index is 1.94. The summed E-state index contributed by atoms with van der Waals surface area (Å²) in [7, 11) is 0. The van der Waals surface area contributed by atoms with Gasteiger partial charge in [0.25, 0.3) is 0 Å². The Morgan fingerprint density at radius 2 is 1.94 bits per heavy atom. The zero-order valence-corrected chi connectivity index (χ0v) is 10.8. The van der Waals surface area contributed by atoms with Gasteiger partial charge in [-0.25, -0.2) is 4.98 Å². The second-order valence-corrected chi connectivity index (χ2v) is 5.01. The molecule has 2 heterocycles. The molecular formula is C13H17N5. The summed E-state index contributed by atoms with van der Waals surface area (Å²) in [5.41, 5.74) is 2.74. The topological polar surface area (TPSA) is 67.3 Å². The minimum atomic E-state index is 0.558. The van der Waals surface area contributed by atoms with Gasteiger partial charge in [0.05, 0.1) is 11.4 Å². The number of aromatic nitrogens is 5. The Hall–Kier alpha value is -1.78. The van der Waals surface area contributed by atoms with Gasteiger partial charge in [-0.3, -0.25) is 5.10 Å². The van der Waals surface area contributed by atoms with Crippen LogP contribution in [0, 0.1) is 13.8 Å². The average molecular weight is 243 g/mol. The lowest BCUT2D eigenvalue weighted by Crippen LogP contribution is -1.96. The molecule has 18 heavy (non-hydrogen) atoms. The highest BCUT2D eigenvalue weighted by molar-refractivity contribution is 5.57. The van der Waals surface area contributed by atoms with Crippen LogP contribution in [0.25, 0.3) is 11.4 Å². The van der Waals surface area contributed by atoms with Gasteiger partial charge in [-0.05, 0) is 32.8 Å². The second-order valence-electron chi connectivity index (χ2n) is 5.01. The Kier molecular flexibility index (Phi) is 2.81. The van der Waals surface area contributed by atoms with Crippen LogP contribution >= 0.6 is 0 Å². The molecule has 1 fully saturated rings. The van der Waals surface area contributed by atoms with Crippen LogP contribution in [0.2, 0.25) is 0 Å². The molecule has 0 spiro atoms. The third-order valence-corrected chi connectivity index (χ3v) is 3.59. The predicted octanol–water partition coefficient (Wildman–Crippen LogP) is 2.54. The number of aromatic amines is 1. The van der Waals surface area contributed by atoms with E-state index in [-0.39, 0.29) is 0 Å². The first-order valence-electron chi connectivity index (χ1n) is 6.47. The smallest absolute Gasteiger partial charge is 0.183 e. The number of aryl methyl sites for hydroxylation is 2. The van der Waals surface area contributed by atoms with Crippen LogP contribution in [-0.2, 0) is 0 Å². The van der Waals surface area contributed by atoms with Crippen LogP contribution in [0.3, 0.4) is 0 Å². The van der Waals surface area contributed by atoms with Crippen LogP contribution in [-0.4, -0.2) is 25.4 Å². The molecule has 0 saturated heterocycles. The molecule has 5 heteroatoms. The van der Waals surface area contributed by atoms with Crippen molar-refractivity contribution in [3.05, 3.63) is 23.3 Å². The van der Waals surface area contributed by atoms with Crippen molar-refractivity contribution in [2.45, 2.75) is 45.4 Å². The number of hydrogen-bond donors (Lipinski definition) is 1. The van der Waals surface area contributed by atoms with E-state index in [0.717, 1.165) is 28.6 Å². The number of nitrogens with zero attached hydrogens (tertiary/aromatic N) is 4. The van der Waals surface area contributed by atoms with Crippen molar-refractivity contribution in [3.63, 3.8) is 0 Å².